The van der Waals surface area contributed by atoms with Crippen LogP contribution in [-0.2, 0) is 4.79 Å². The third-order valence-electron chi connectivity index (χ3n) is 6.84. The highest BCUT2D eigenvalue weighted by Gasteiger charge is 2.36. The number of hydrogen-bond donors (Lipinski definition) is 2. The molecule has 6 heteroatoms. The summed E-state index contributed by atoms with van der Waals surface area (Å²) in [7, 11) is 0. The maximum absolute atomic E-state index is 13.4. The summed E-state index contributed by atoms with van der Waals surface area (Å²) in [6.07, 6.45) is 9.61. The number of carbonyl (C=O) groups is 1. The number of rotatable bonds is 7. The van der Waals surface area contributed by atoms with Crippen LogP contribution in [-0.4, -0.2) is 39.8 Å². The molecule has 2 heterocycles. The molecule has 172 valence electrons. The second-order valence-corrected chi connectivity index (χ2v) is 9.66. The minimum absolute atomic E-state index is 0.0178. The Balaban J connectivity index is 1.55. The summed E-state index contributed by atoms with van der Waals surface area (Å²) in [6, 6.07) is 1.96. The lowest BCUT2D eigenvalue weighted by atomic mass is 9.96. The van der Waals surface area contributed by atoms with Crippen LogP contribution < -0.4 is 10.1 Å². The quantitative estimate of drug-likeness (QED) is 0.622. The molecule has 32 heavy (non-hydrogen) atoms. The Kier molecular flexibility index (Phi) is 6.42. The van der Waals surface area contributed by atoms with Gasteiger partial charge < -0.3 is 20.1 Å². The number of aliphatic hydroxyl groups excluding tert-OH is 1. The van der Waals surface area contributed by atoms with E-state index in [1.807, 2.05) is 50.9 Å². The first-order chi connectivity index (χ1) is 15.3. The number of amides is 1. The number of carbonyl (C=O) groups excluding carboxylic acids is 1. The van der Waals surface area contributed by atoms with Gasteiger partial charge in [-0.2, -0.15) is 0 Å². The number of allylic oxidation sites excluding steroid dienone is 2. The van der Waals surface area contributed by atoms with Crippen LogP contribution in [0, 0.1) is 12.8 Å². The number of pyridine rings is 1. The summed E-state index contributed by atoms with van der Waals surface area (Å²) in [5, 5.41) is 13.7. The lowest BCUT2D eigenvalue weighted by Crippen LogP contribution is -2.35. The Bertz CT molecular complexity index is 988. The smallest absolute Gasteiger partial charge is 0.255 e. The van der Waals surface area contributed by atoms with Gasteiger partial charge in [0.15, 0.2) is 0 Å². The number of hydrogen-bond acceptors (Lipinski definition) is 5. The highest BCUT2D eigenvalue weighted by Crippen LogP contribution is 2.36. The molecule has 3 aliphatic rings. The monoisotopic (exact) mass is 437 g/mol. The molecule has 0 spiro atoms. The first-order valence-corrected chi connectivity index (χ1v) is 11.7. The average Bonchev–Trinajstić information content (AvgIpc) is 2.96. The largest absolute Gasteiger partial charge is 0.474 e. The molecule has 2 aliphatic carbocycles. The SMILES string of the molecule is CC1=C(NC(O)C(C)C)C2=C(C=CC1)C(=O)N(C(C)c1cnc(OC3CCC3)c(C)c1)C2. The third kappa shape index (κ3) is 4.33. The summed E-state index contributed by atoms with van der Waals surface area (Å²) in [6.45, 7) is 10.6. The predicted octanol–water partition coefficient (Wildman–Crippen LogP) is 4.32. The summed E-state index contributed by atoms with van der Waals surface area (Å²) in [5.74, 6) is 0.782. The van der Waals surface area contributed by atoms with Crippen LogP contribution in [0.1, 0.15) is 70.5 Å². The first kappa shape index (κ1) is 22.6. The zero-order valence-electron chi connectivity index (χ0n) is 19.8. The number of ether oxygens (including phenoxy) is 1. The van der Waals surface area contributed by atoms with Gasteiger partial charge in [-0.1, -0.05) is 26.0 Å². The Morgan fingerprint density at radius 1 is 1.25 bits per heavy atom. The van der Waals surface area contributed by atoms with Gasteiger partial charge in [-0.3, -0.25) is 4.79 Å². The van der Waals surface area contributed by atoms with E-state index in [0.717, 1.165) is 47.2 Å². The van der Waals surface area contributed by atoms with Gasteiger partial charge >= 0.3 is 0 Å². The molecule has 0 aromatic carbocycles. The first-order valence-electron chi connectivity index (χ1n) is 11.7. The summed E-state index contributed by atoms with van der Waals surface area (Å²) >= 11 is 0. The summed E-state index contributed by atoms with van der Waals surface area (Å²) in [5.41, 5.74) is 5.69. The van der Waals surface area contributed by atoms with Gasteiger partial charge in [-0.15, -0.1) is 0 Å². The van der Waals surface area contributed by atoms with Crippen LogP contribution in [0.25, 0.3) is 0 Å². The van der Waals surface area contributed by atoms with E-state index in [9.17, 15) is 9.90 Å². The van der Waals surface area contributed by atoms with Gasteiger partial charge in [0.1, 0.15) is 12.3 Å². The van der Waals surface area contributed by atoms with Crippen LogP contribution >= 0.6 is 0 Å². The van der Waals surface area contributed by atoms with Gasteiger partial charge in [0.05, 0.1) is 6.04 Å². The van der Waals surface area contributed by atoms with E-state index in [2.05, 4.69) is 23.3 Å². The molecule has 6 nitrogen and oxygen atoms in total. The Morgan fingerprint density at radius 3 is 2.62 bits per heavy atom. The van der Waals surface area contributed by atoms with Crippen molar-refractivity contribution in [2.24, 2.45) is 5.92 Å². The fourth-order valence-electron chi connectivity index (χ4n) is 4.31. The molecular weight excluding hydrogens is 402 g/mol. The molecule has 1 aromatic heterocycles. The van der Waals surface area contributed by atoms with E-state index >= 15 is 0 Å². The lowest BCUT2D eigenvalue weighted by Gasteiger charge is -2.28. The number of aromatic nitrogens is 1. The number of aliphatic hydroxyl groups is 1. The molecule has 1 fully saturated rings. The van der Waals surface area contributed by atoms with Gasteiger partial charge in [0.2, 0.25) is 5.88 Å². The summed E-state index contributed by atoms with van der Waals surface area (Å²) in [4.78, 5) is 19.8. The maximum atomic E-state index is 13.4. The fourth-order valence-corrected chi connectivity index (χ4v) is 4.31. The number of nitrogens with zero attached hydrogens (tertiary/aromatic N) is 2. The zero-order valence-corrected chi connectivity index (χ0v) is 19.8. The van der Waals surface area contributed by atoms with Crippen molar-refractivity contribution in [2.45, 2.75) is 78.7 Å². The van der Waals surface area contributed by atoms with E-state index in [-0.39, 0.29) is 17.9 Å². The molecular formula is C26H35N3O3. The van der Waals surface area contributed by atoms with Crippen molar-refractivity contribution in [3.8, 4) is 5.88 Å². The molecule has 0 saturated heterocycles. The van der Waals surface area contributed by atoms with E-state index < -0.39 is 6.23 Å². The van der Waals surface area contributed by atoms with E-state index in [1.54, 1.807) is 0 Å². The lowest BCUT2D eigenvalue weighted by molar-refractivity contribution is -0.127. The van der Waals surface area contributed by atoms with Crippen molar-refractivity contribution in [1.29, 1.82) is 0 Å². The van der Waals surface area contributed by atoms with Crippen LogP contribution in [0.15, 0.2) is 46.8 Å². The Labute approximate surface area is 191 Å². The highest BCUT2D eigenvalue weighted by atomic mass is 16.5. The number of aryl methyl sites for hydroxylation is 1. The molecule has 2 atom stereocenters. The topological polar surface area (TPSA) is 74.7 Å². The van der Waals surface area contributed by atoms with Gasteiger partial charge in [-0.25, -0.2) is 4.98 Å². The molecule has 2 N–H and O–H groups in total. The third-order valence-corrected chi connectivity index (χ3v) is 6.84. The van der Waals surface area contributed by atoms with Gasteiger partial charge in [0, 0.05) is 35.1 Å². The highest BCUT2D eigenvalue weighted by molar-refractivity contribution is 6.01. The van der Waals surface area contributed by atoms with Gasteiger partial charge in [-0.05, 0) is 69.6 Å². The molecule has 1 amide bonds. The Hall–Kier alpha value is -2.60. The van der Waals surface area contributed by atoms with E-state index in [4.69, 9.17) is 4.74 Å². The molecule has 0 bridgehead atoms. The normalized spacial score (nSPS) is 21.0. The molecule has 0 radical (unpaired) electrons. The average molecular weight is 438 g/mol. The second-order valence-electron chi connectivity index (χ2n) is 9.66. The van der Waals surface area contributed by atoms with E-state index in [1.165, 1.54) is 6.42 Å². The van der Waals surface area contributed by atoms with Crippen molar-refractivity contribution in [3.63, 3.8) is 0 Å². The minimum atomic E-state index is -0.663. The fraction of sp³-hybridized carbons (Fsp3) is 0.538. The van der Waals surface area contributed by atoms with Crippen LogP contribution in [0.5, 0.6) is 5.88 Å². The number of nitrogens with one attached hydrogen (secondary N) is 1. The molecule has 4 rings (SSSR count). The van der Waals surface area contributed by atoms with Crippen LogP contribution in [0.4, 0.5) is 0 Å². The van der Waals surface area contributed by atoms with Crippen molar-refractivity contribution in [3.05, 3.63) is 58.0 Å². The van der Waals surface area contributed by atoms with E-state index in [0.29, 0.717) is 24.1 Å². The molecule has 1 saturated carbocycles. The van der Waals surface area contributed by atoms with Crippen LogP contribution in [0.2, 0.25) is 0 Å². The summed E-state index contributed by atoms with van der Waals surface area (Å²) < 4.78 is 5.99. The standard InChI is InChI=1S/C26H35N3O3/c1-15(2)24(30)28-23-16(3)8-6-11-21-22(23)14-29(26(21)31)18(5)19-12-17(4)25(27-13-19)32-20-9-7-10-20/h6,11-13,15,18,20,24,28,30H,7-10,14H2,1-5H3. The molecule has 1 aromatic rings. The van der Waals surface area contributed by atoms with Crippen molar-refractivity contribution in [1.82, 2.24) is 15.2 Å². The molecule has 1 aliphatic heterocycles. The zero-order chi connectivity index (χ0) is 23.0. The van der Waals surface area contributed by atoms with Crippen molar-refractivity contribution in [2.75, 3.05) is 6.54 Å². The second kappa shape index (κ2) is 9.10. The molecule has 2 unspecified atom stereocenters. The van der Waals surface area contributed by atoms with Gasteiger partial charge in [0.25, 0.3) is 5.91 Å². The van der Waals surface area contributed by atoms with Crippen molar-refractivity contribution >= 4 is 5.91 Å². The Morgan fingerprint density at radius 2 is 2.00 bits per heavy atom. The minimum Gasteiger partial charge on any atom is -0.474 e. The van der Waals surface area contributed by atoms with Crippen molar-refractivity contribution < 1.29 is 14.6 Å². The predicted molar refractivity (Wildman–Crippen MR) is 125 cm³/mol. The van der Waals surface area contributed by atoms with Crippen LogP contribution in [0.3, 0.4) is 0 Å². The maximum Gasteiger partial charge on any atom is 0.255 e.